The molecule has 176 valence electrons. The van der Waals surface area contributed by atoms with E-state index in [0.29, 0.717) is 17.9 Å². The van der Waals surface area contributed by atoms with Crippen molar-refractivity contribution in [1.82, 2.24) is 9.21 Å². The molecular formula is C22H31N3O5S2. The molecule has 0 spiro atoms. The van der Waals surface area contributed by atoms with Crippen LogP contribution in [0.4, 0.5) is 5.69 Å². The first kappa shape index (κ1) is 24.5. The molecule has 0 unspecified atom stereocenters. The maximum Gasteiger partial charge on any atom is 0.258 e. The van der Waals surface area contributed by atoms with Crippen LogP contribution in [0.5, 0.6) is 5.75 Å². The summed E-state index contributed by atoms with van der Waals surface area (Å²) in [4.78, 5) is 16.9. The minimum atomic E-state index is -3.64. The van der Waals surface area contributed by atoms with Crippen LogP contribution >= 0.6 is 11.3 Å². The first-order valence-electron chi connectivity index (χ1n) is 10.5. The standard InChI is InChI=1S/C22H31N3O5S2/c1-15-12-25(16(2)14-26)22(27)18-11-17(23(3)4)8-9-19(18)30-20(15)13-24(5)32(28,29)21-7-6-10-31-21/h6-11,15-16,20,26H,12-14H2,1-5H3/t15-,16-,20-/m1/s1. The molecule has 2 aromatic rings. The predicted octanol–water partition coefficient (Wildman–Crippen LogP) is 2.35. The molecule has 3 atom stereocenters. The molecule has 3 rings (SSSR count). The highest BCUT2D eigenvalue weighted by Gasteiger charge is 2.35. The van der Waals surface area contributed by atoms with Crippen LogP contribution in [0.1, 0.15) is 24.2 Å². The molecule has 1 aliphatic rings. The molecule has 1 amide bonds. The Labute approximate surface area is 194 Å². The number of fused-ring (bicyclic) bond motifs is 1. The van der Waals surface area contributed by atoms with Gasteiger partial charge in [-0.1, -0.05) is 13.0 Å². The van der Waals surface area contributed by atoms with Crippen molar-refractivity contribution in [2.75, 3.05) is 45.7 Å². The van der Waals surface area contributed by atoms with Crippen LogP contribution in [0.15, 0.2) is 39.9 Å². The number of benzene rings is 1. The summed E-state index contributed by atoms with van der Waals surface area (Å²) >= 11 is 1.17. The predicted molar refractivity (Wildman–Crippen MR) is 126 cm³/mol. The van der Waals surface area contributed by atoms with Gasteiger partial charge < -0.3 is 19.6 Å². The smallest absolute Gasteiger partial charge is 0.258 e. The second-order valence-electron chi connectivity index (χ2n) is 8.42. The SMILES string of the molecule is C[C@@H]1CN([C@H](C)CO)C(=O)c2cc(N(C)C)ccc2O[C@@H]1CN(C)S(=O)(=O)c1cccs1. The van der Waals surface area contributed by atoms with Crippen molar-refractivity contribution in [3.8, 4) is 5.75 Å². The van der Waals surface area contributed by atoms with Gasteiger partial charge in [0.15, 0.2) is 0 Å². The van der Waals surface area contributed by atoms with Gasteiger partial charge in [0.1, 0.15) is 16.1 Å². The number of hydrogen-bond donors (Lipinski definition) is 1. The molecule has 0 saturated carbocycles. The average Bonchev–Trinajstić information content (AvgIpc) is 3.31. The zero-order valence-electron chi connectivity index (χ0n) is 19.1. The summed E-state index contributed by atoms with van der Waals surface area (Å²) in [7, 11) is 1.68. The molecule has 0 bridgehead atoms. The van der Waals surface area contributed by atoms with Crippen molar-refractivity contribution < 1.29 is 23.1 Å². The summed E-state index contributed by atoms with van der Waals surface area (Å²) in [6, 6.07) is 8.30. The van der Waals surface area contributed by atoms with Gasteiger partial charge in [-0.2, -0.15) is 4.31 Å². The number of sulfonamides is 1. The lowest BCUT2D eigenvalue weighted by Gasteiger charge is -2.38. The van der Waals surface area contributed by atoms with Crippen molar-refractivity contribution in [3.63, 3.8) is 0 Å². The molecule has 1 aromatic carbocycles. The number of aliphatic hydroxyl groups excluding tert-OH is 1. The van der Waals surface area contributed by atoms with Gasteiger partial charge in [0, 0.05) is 39.3 Å². The van der Waals surface area contributed by atoms with Crippen LogP contribution in [-0.4, -0.2) is 81.6 Å². The third kappa shape index (κ3) is 4.93. The van der Waals surface area contributed by atoms with Crippen LogP contribution in [0.3, 0.4) is 0 Å². The van der Waals surface area contributed by atoms with Gasteiger partial charge in [0.2, 0.25) is 0 Å². The topological polar surface area (TPSA) is 90.4 Å². The number of hydrogen-bond acceptors (Lipinski definition) is 7. The molecule has 0 saturated heterocycles. The van der Waals surface area contributed by atoms with Gasteiger partial charge in [0.05, 0.1) is 24.8 Å². The number of aliphatic hydroxyl groups is 1. The van der Waals surface area contributed by atoms with Crippen molar-refractivity contribution in [2.45, 2.75) is 30.2 Å². The molecule has 32 heavy (non-hydrogen) atoms. The number of ether oxygens (including phenoxy) is 1. The van der Waals surface area contributed by atoms with Gasteiger partial charge >= 0.3 is 0 Å². The summed E-state index contributed by atoms with van der Waals surface area (Å²) < 4.78 is 33.7. The number of nitrogens with zero attached hydrogens (tertiary/aromatic N) is 3. The summed E-state index contributed by atoms with van der Waals surface area (Å²) in [5, 5.41) is 11.5. The maximum absolute atomic E-state index is 13.4. The van der Waals surface area contributed by atoms with Crippen molar-refractivity contribution in [1.29, 1.82) is 0 Å². The fourth-order valence-corrected chi connectivity index (χ4v) is 6.01. The van der Waals surface area contributed by atoms with Crippen molar-refractivity contribution >= 4 is 33.0 Å². The maximum atomic E-state index is 13.4. The minimum Gasteiger partial charge on any atom is -0.488 e. The van der Waals surface area contributed by atoms with E-state index >= 15 is 0 Å². The van der Waals surface area contributed by atoms with Crippen LogP contribution in [0, 0.1) is 5.92 Å². The summed E-state index contributed by atoms with van der Waals surface area (Å²) in [6.45, 7) is 4.03. The van der Waals surface area contributed by atoms with E-state index in [1.807, 2.05) is 32.0 Å². The third-order valence-electron chi connectivity index (χ3n) is 5.76. The molecule has 0 fully saturated rings. The Balaban J connectivity index is 1.98. The van der Waals surface area contributed by atoms with E-state index in [4.69, 9.17) is 4.74 Å². The van der Waals surface area contributed by atoms with E-state index in [9.17, 15) is 18.3 Å². The first-order chi connectivity index (χ1) is 15.1. The number of anilines is 1. The van der Waals surface area contributed by atoms with Crippen LogP contribution in [0.25, 0.3) is 0 Å². The van der Waals surface area contributed by atoms with E-state index in [1.165, 1.54) is 15.6 Å². The Morgan fingerprint density at radius 3 is 2.59 bits per heavy atom. The fraction of sp³-hybridized carbons (Fsp3) is 0.500. The molecular weight excluding hydrogens is 450 g/mol. The highest BCUT2D eigenvalue weighted by atomic mass is 32.2. The molecule has 8 nitrogen and oxygen atoms in total. The number of carbonyl (C=O) groups is 1. The van der Waals surface area contributed by atoms with E-state index in [0.717, 1.165) is 5.69 Å². The monoisotopic (exact) mass is 481 g/mol. The lowest BCUT2D eigenvalue weighted by Crippen LogP contribution is -2.50. The average molecular weight is 482 g/mol. The van der Waals surface area contributed by atoms with Crippen LogP contribution in [-0.2, 0) is 10.0 Å². The van der Waals surface area contributed by atoms with Gasteiger partial charge in [-0.15, -0.1) is 11.3 Å². The van der Waals surface area contributed by atoms with Gasteiger partial charge in [0.25, 0.3) is 15.9 Å². The molecule has 0 aliphatic carbocycles. The van der Waals surface area contributed by atoms with E-state index in [-0.39, 0.29) is 35.2 Å². The number of thiophene rings is 1. The lowest BCUT2D eigenvalue weighted by molar-refractivity contribution is 0.0387. The van der Waals surface area contributed by atoms with Crippen LogP contribution < -0.4 is 9.64 Å². The quantitative estimate of drug-likeness (QED) is 0.653. The molecule has 2 heterocycles. The van der Waals surface area contributed by atoms with Gasteiger partial charge in [-0.3, -0.25) is 4.79 Å². The Bertz CT molecular complexity index is 1040. The molecule has 10 heteroatoms. The van der Waals surface area contributed by atoms with Crippen molar-refractivity contribution in [2.24, 2.45) is 5.92 Å². The Morgan fingerprint density at radius 1 is 1.28 bits per heavy atom. The van der Waals surface area contributed by atoms with Gasteiger partial charge in [-0.05, 0) is 36.6 Å². The third-order valence-corrected chi connectivity index (χ3v) is 8.96. The zero-order chi connectivity index (χ0) is 23.6. The molecule has 0 radical (unpaired) electrons. The highest BCUT2D eigenvalue weighted by Crippen LogP contribution is 2.32. The number of likely N-dealkylation sites (N-methyl/N-ethyl adjacent to an activating group) is 1. The molecule has 1 aromatic heterocycles. The Hall–Kier alpha value is -2.14. The normalized spacial score (nSPS) is 20.3. The van der Waals surface area contributed by atoms with E-state index in [2.05, 4.69) is 0 Å². The summed E-state index contributed by atoms with van der Waals surface area (Å²) in [5.41, 5.74) is 1.25. The van der Waals surface area contributed by atoms with Crippen molar-refractivity contribution in [3.05, 3.63) is 41.3 Å². The summed E-state index contributed by atoms with van der Waals surface area (Å²) in [5.74, 6) is 0.0277. The number of amides is 1. The first-order valence-corrected chi connectivity index (χ1v) is 12.8. The molecule has 1 aliphatic heterocycles. The second kappa shape index (κ2) is 9.78. The lowest BCUT2D eigenvalue weighted by atomic mass is 9.99. The van der Waals surface area contributed by atoms with Gasteiger partial charge in [-0.25, -0.2) is 8.42 Å². The second-order valence-corrected chi connectivity index (χ2v) is 11.6. The van der Waals surface area contributed by atoms with E-state index < -0.39 is 16.1 Å². The fourth-order valence-electron chi connectivity index (χ4n) is 3.62. The highest BCUT2D eigenvalue weighted by molar-refractivity contribution is 7.91. The number of carbonyl (C=O) groups excluding carboxylic acids is 1. The minimum absolute atomic E-state index is 0.131. The molecule has 1 N–H and O–H groups in total. The number of rotatable bonds is 7. The van der Waals surface area contributed by atoms with Crippen LogP contribution in [0.2, 0.25) is 0 Å². The summed E-state index contributed by atoms with van der Waals surface area (Å²) in [6.07, 6.45) is -0.486. The largest absolute Gasteiger partial charge is 0.488 e. The Kier molecular flexibility index (Phi) is 7.49. The zero-order valence-corrected chi connectivity index (χ0v) is 20.7. The van der Waals surface area contributed by atoms with E-state index in [1.54, 1.807) is 48.5 Å². The Morgan fingerprint density at radius 2 is 2.00 bits per heavy atom.